The zero-order valence-corrected chi connectivity index (χ0v) is 18.2. The highest BCUT2D eigenvalue weighted by molar-refractivity contribution is 5.75. The molecule has 0 spiro atoms. The Morgan fingerprint density at radius 2 is 2.19 bits per heavy atom. The van der Waals surface area contributed by atoms with Crippen molar-refractivity contribution < 1.29 is 13.9 Å². The standard InChI is InChI=1S/C22H25FN6O3/c1-4-21(25-24-18-10-11-31-20-12-15(23)8-9-16(18)20)32-13-17-14(2)6-5-7-19(17)29-22(30)28(3)26-27-29/h5-9,12,18,24H,4,10-11,13H2,1-3H3. The second kappa shape index (κ2) is 9.21. The van der Waals surface area contributed by atoms with Crippen LogP contribution in [-0.4, -0.2) is 32.3 Å². The summed E-state index contributed by atoms with van der Waals surface area (Å²) in [6.07, 6.45) is 1.27. The van der Waals surface area contributed by atoms with Gasteiger partial charge in [-0.2, -0.15) is 9.36 Å². The Balaban J connectivity index is 1.51. The highest BCUT2D eigenvalue weighted by atomic mass is 19.1. The first-order chi connectivity index (χ1) is 15.5. The Hall–Kier alpha value is -3.69. The van der Waals surface area contributed by atoms with E-state index in [9.17, 15) is 9.18 Å². The number of tetrazole rings is 1. The van der Waals surface area contributed by atoms with Crippen LogP contribution in [0.2, 0.25) is 0 Å². The molecule has 3 aromatic rings. The van der Waals surface area contributed by atoms with Gasteiger partial charge in [0.05, 0.1) is 18.3 Å². The van der Waals surface area contributed by atoms with Gasteiger partial charge < -0.3 is 9.47 Å². The smallest absolute Gasteiger partial charge is 0.368 e. The number of hydrazone groups is 1. The third-order valence-electron chi connectivity index (χ3n) is 5.38. The van der Waals surface area contributed by atoms with Gasteiger partial charge in [0.25, 0.3) is 0 Å². The third kappa shape index (κ3) is 4.34. The Labute approximate surface area is 184 Å². The quantitative estimate of drug-likeness (QED) is 0.360. The number of aryl methyl sites for hydroxylation is 2. The number of hydrogen-bond donors (Lipinski definition) is 1. The van der Waals surface area contributed by atoms with E-state index >= 15 is 0 Å². The lowest BCUT2D eigenvalue weighted by Gasteiger charge is -2.25. The van der Waals surface area contributed by atoms with E-state index in [4.69, 9.17) is 9.47 Å². The fourth-order valence-corrected chi connectivity index (χ4v) is 3.55. The average molecular weight is 440 g/mol. The van der Waals surface area contributed by atoms with Crippen LogP contribution in [0.1, 0.15) is 42.5 Å². The summed E-state index contributed by atoms with van der Waals surface area (Å²) < 4.78 is 27.5. The van der Waals surface area contributed by atoms with Gasteiger partial charge in [0, 0.05) is 37.1 Å². The van der Waals surface area contributed by atoms with Crippen LogP contribution in [-0.2, 0) is 18.4 Å². The summed E-state index contributed by atoms with van der Waals surface area (Å²) >= 11 is 0. The lowest BCUT2D eigenvalue weighted by Crippen LogP contribution is -2.25. The van der Waals surface area contributed by atoms with Gasteiger partial charge in [-0.15, -0.1) is 5.10 Å². The molecule has 4 rings (SSSR count). The first kappa shape index (κ1) is 21.5. The number of halogens is 1. The van der Waals surface area contributed by atoms with Crippen LogP contribution in [0.5, 0.6) is 5.75 Å². The number of nitrogens with one attached hydrogen (secondary N) is 1. The molecule has 0 saturated carbocycles. The van der Waals surface area contributed by atoms with Crippen LogP contribution < -0.4 is 15.9 Å². The molecule has 1 aromatic heterocycles. The molecule has 1 aliphatic rings. The molecule has 168 valence electrons. The van der Waals surface area contributed by atoms with Crippen molar-refractivity contribution in [2.75, 3.05) is 6.61 Å². The van der Waals surface area contributed by atoms with Crippen LogP contribution in [0.25, 0.3) is 5.69 Å². The van der Waals surface area contributed by atoms with Gasteiger partial charge in [-0.1, -0.05) is 25.1 Å². The number of rotatable bonds is 6. The fourth-order valence-electron chi connectivity index (χ4n) is 3.55. The molecule has 0 amide bonds. The Bertz CT molecular complexity index is 1200. The second-order valence-electron chi connectivity index (χ2n) is 7.52. The van der Waals surface area contributed by atoms with E-state index in [1.165, 1.54) is 21.5 Å². The number of ether oxygens (including phenoxy) is 2. The summed E-state index contributed by atoms with van der Waals surface area (Å²) in [5.74, 6) is 0.712. The second-order valence-corrected chi connectivity index (χ2v) is 7.52. The maximum Gasteiger partial charge on any atom is 0.368 e. The third-order valence-corrected chi connectivity index (χ3v) is 5.38. The summed E-state index contributed by atoms with van der Waals surface area (Å²) in [4.78, 5) is 12.3. The SMILES string of the molecule is CCC(=NNC1CCOc2cc(F)ccc21)OCc1c(C)cccc1-n1nnn(C)c1=O. The van der Waals surface area contributed by atoms with Gasteiger partial charge in [0.2, 0.25) is 5.90 Å². The molecule has 32 heavy (non-hydrogen) atoms. The van der Waals surface area contributed by atoms with Gasteiger partial charge in [-0.3, -0.25) is 5.43 Å². The predicted octanol–water partition coefficient (Wildman–Crippen LogP) is 2.77. The van der Waals surface area contributed by atoms with Gasteiger partial charge in [0.1, 0.15) is 18.2 Å². The minimum absolute atomic E-state index is 0.100. The molecule has 1 aliphatic heterocycles. The zero-order valence-electron chi connectivity index (χ0n) is 18.2. The van der Waals surface area contributed by atoms with Crippen molar-refractivity contribution in [3.05, 3.63) is 69.4 Å². The van der Waals surface area contributed by atoms with Crippen molar-refractivity contribution >= 4 is 5.90 Å². The molecule has 2 heterocycles. The van der Waals surface area contributed by atoms with E-state index in [1.807, 2.05) is 26.0 Å². The molecule has 2 aromatic carbocycles. The van der Waals surface area contributed by atoms with E-state index in [0.29, 0.717) is 36.8 Å². The summed E-state index contributed by atoms with van der Waals surface area (Å²) in [6.45, 7) is 4.59. The molecule has 0 saturated heterocycles. The molecule has 0 aliphatic carbocycles. The Morgan fingerprint density at radius 1 is 1.34 bits per heavy atom. The van der Waals surface area contributed by atoms with Crippen LogP contribution in [0.4, 0.5) is 4.39 Å². The van der Waals surface area contributed by atoms with Gasteiger partial charge in [-0.05, 0) is 35.0 Å². The number of fused-ring (bicyclic) bond motifs is 1. The fraction of sp³-hybridized carbons (Fsp3) is 0.364. The molecule has 0 radical (unpaired) electrons. The zero-order chi connectivity index (χ0) is 22.7. The van der Waals surface area contributed by atoms with Crippen molar-refractivity contribution in [2.45, 2.75) is 39.3 Å². The molecule has 1 N–H and O–H groups in total. The van der Waals surface area contributed by atoms with Gasteiger partial charge >= 0.3 is 5.69 Å². The highest BCUT2D eigenvalue weighted by Gasteiger charge is 2.22. The first-order valence-electron chi connectivity index (χ1n) is 10.4. The molecule has 1 atom stereocenters. The maximum atomic E-state index is 13.5. The molecular weight excluding hydrogens is 415 g/mol. The minimum atomic E-state index is -0.336. The summed E-state index contributed by atoms with van der Waals surface area (Å²) in [6, 6.07) is 10.0. The average Bonchev–Trinajstić information content (AvgIpc) is 3.12. The van der Waals surface area contributed by atoms with E-state index in [-0.39, 0.29) is 24.2 Å². The number of nitrogens with zero attached hydrogens (tertiary/aromatic N) is 5. The van der Waals surface area contributed by atoms with Crippen LogP contribution in [0.15, 0.2) is 46.3 Å². The predicted molar refractivity (Wildman–Crippen MR) is 116 cm³/mol. The first-order valence-corrected chi connectivity index (χ1v) is 10.4. The number of hydrogen-bond acceptors (Lipinski definition) is 7. The molecular formula is C22H25FN6O3. The molecule has 0 bridgehead atoms. The van der Waals surface area contributed by atoms with E-state index in [0.717, 1.165) is 16.7 Å². The molecule has 0 fully saturated rings. The summed E-state index contributed by atoms with van der Waals surface area (Å²) in [7, 11) is 1.55. The molecule has 1 unspecified atom stereocenters. The van der Waals surface area contributed by atoms with E-state index in [1.54, 1.807) is 19.2 Å². The topological polar surface area (TPSA) is 95.6 Å². The van der Waals surface area contributed by atoms with Crippen molar-refractivity contribution in [3.8, 4) is 11.4 Å². The maximum absolute atomic E-state index is 13.5. The van der Waals surface area contributed by atoms with Gasteiger partial charge in [-0.25, -0.2) is 9.18 Å². The molecule has 9 nitrogen and oxygen atoms in total. The lowest BCUT2D eigenvalue weighted by atomic mass is 10.0. The highest BCUT2D eigenvalue weighted by Crippen LogP contribution is 2.32. The lowest BCUT2D eigenvalue weighted by molar-refractivity contribution is 0.247. The summed E-state index contributed by atoms with van der Waals surface area (Å²) in [5, 5.41) is 12.2. The number of benzene rings is 2. The normalized spacial score (nSPS) is 15.8. The van der Waals surface area contributed by atoms with E-state index < -0.39 is 0 Å². The largest absolute Gasteiger partial charge is 0.493 e. The Kier molecular flexibility index (Phi) is 6.20. The van der Waals surface area contributed by atoms with Crippen molar-refractivity contribution in [3.63, 3.8) is 0 Å². The van der Waals surface area contributed by atoms with Crippen molar-refractivity contribution in [1.29, 1.82) is 0 Å². The van der Waals surface area contributed by atoms with E-state index in [2.05, 4.69) is 21.0 Å². The monoisotopic (exact) mass is 440 g/mol. The summed E-state index contributed by atoms with van der Waals surface area (Å²) in [5.41, 5.74) is 6.06. The Morgan fingerprint density at radius 3 is 2.94 bits per heavy atom. The minimum Gasteiger partial charge on any atom is -0.493 e. The number of aromatic nitrogens is 4. The van der Waals surface area contributed by atoms with Crippen LogP contribution in [0.3, 0.4) is 0 Å². The van der Waals surface area contributed by atoms with Gasteiger partial charge in [0.15, 0.2) is 0 Å². The van der Waals surface area contributed by atoms with Crippen LogP contribution in [0, 0.1) is 12.7 Å². The van der Waals surface area contributed by atoms with Crippen molar-refractivity contribution in [1.82, 2.24) is 25.2 Å². The van der Waals surface area contributed by atoms with Crippen LogP contribution >= 0.6 is 0 Å². The molecule has 10 heteroatoms. The van der Waals surface area contributed by atoms with Crippen molar-refractivity contribution in [2.24, 2.45) is 12.1 Å².